The number of carbonyl (C=O) groups is 5. The van der Waals surface area contributed by atoms with Crippen molar-refractivity contribution in [1.29, 1.82) is 0 Å². The van der Waals surface area contributed by atoms with E-state index in [-0.39, 0.29) is 29.8 Å². The fraction of sp³-hybridized carbons (Fsp3) is 0.630. The van der Waals surface area contributed by atoms with Gasteiger partial charge in [0.2, 0.25) is 42.1 Å². The normalized spacial score (nSPS) is 37.5. The van der Waals surface area contributed by atoms with Crippen LogP contribution in [0.5, 0.6) is 5.75 Å². The third-order valence-electron chi connectivity index (χ3n) is 16.5. The lowest BCUT2D eigenvalue weighted by atomic mass is 9.92. The first kappa shape index (κ1) is 69.8. The first-order chi connectivity index (χ1) is 43.3. The van der Waals surface area contributed by atoms with Gasteiger partial charge >= 0.3 is 5.96 Å². The molecule has 3 fully saturated rings. The summed E-state index contributed by atoms with van der Waals surface area (Å²) in [6.07, 6.45) is -31.6. The van der Waals surface area contributed by atoms with Crippen molar-refractivity contribution in [2.45, 2.75) is 166 Å². The summed E-state index contributed by atoms with van der Waals surface area (Å²) in [4.78, 5) is 81.3. The highest BCUT2D eigenvalue weighted by molar-refractivity contribution is 5.98. The van der Waals surface area contributed by atoms with E-state index >= 15 is 9.59 Å². The maximum Gasteiger partial charge on any atom is 0.346 e. The number of hydrogen-bond donors (Lipinski definition) is 23. The van der Waals surface area contributed by atoms with Crippen molar-refractivity contribution < 1.29 is 129 Å². The zero-order valence-electron chi connectivity index (χ0n) is 48.5. The largest absolute Gasteiger partial charge is 0.861 e. The summed E-state index contributed by atoms with van der Waals surface area (Å²) in [5.74, 6) is -9.12. The molecule has 0 aromatic heterocycles. The minimum absolute atomic E-state index is 0.0777. The summed E-state index contributed by atoms with van der Waals surface area (Å²) in [7, 11) is 0. The van der Waals surface area contributed by atoms with Crippen molar-refractivity contribution in [3.8, 4) is 5.75 Å². The first-order valence-corrected chi connectivity index (χ1v) is 28.9. The number of benzene rings is 2. The van der Waals surface area contributed by atoms with Gasteiger partial charge in [-0.15, -0.1) is 0 Å². The maximum atomic E-state index is 15.1. The zero-order valence-corrected chi connectivity index (χ0v) is 48.5. The van der Waals surface area contributed by atoms with E-state index in [0.29, 0.717) is 5.56 Å². The molecule has 6 aliphatic rings. The van der Waals surface area contributed by atoms with Crippen LogP contribution in [0, 0.1) is 0 Å². The number of rotatable bonds is 17. The van der Waals surface area contributed by atoms with E-state index in [1.807, 2.05) is 0 Å². The maximum absolute atomic E-state index is 15.1. The number of aliphatic hydroxyl groups is 14. The van der Waals surface area contributed by atoms with E-state index in [4.69, 9.17) is 35.2 Å². The molecule has 0 saturated carbocycles. The molecular weight excluding hydrogens is 1220 g/mol. The number of amides is 5. The molecule has 37 heteroatoms. The number of aliphatic hydroxyl groups excluding tert-OH is 14. The van der Waals surface area contributed by atoms with E-state index in [0.717, 1.165) is 4.58 Å². The van der Waals surface area contributed by atoms with Crippen LogP contribution in [0.1, 0.15) is 24.0 Å². The van der Waals surface area contributed by atoms with Crippen LogP contribution in [-0.2, 0) is 49.3 Å². The average molecular weight is 1300 g/mol. The minimum atomic E-state index is -2.33. The van der Waals surface area contributed by atoms with Gasteiger partial charge in [-0.3, -0.25) is 45.0 Å². The Morgan fingerprint density at radius 3 is 1.84 bits per heavy atom. The fourth-order valence-corrected chi connectivity index (χ4v) is 11.2. The van der Waals surface area contributed by atoms with Gasteiger partial charge in [0.25, 0.3) is 0 Å². The highest BCUT2D eigenvalue weighted by Crippen LogP contribution is 2.32. The summed E-state index contributed by atoms with van der Waals surface area (Å²) in [5.41, 5.74) is 12.8. The summed E-state index contributed by atoms with van der Waals surface area (Å²) < 4.78 is 29.2. The highest BCUT2D eigenvalue weighted by atomic mass is 16.7. The van der Waals surface area contributed by atoms with E-state index in [2.05, 4.69) is 47.2 Å². The lowest BCUT2D eigenvalue weighted by Crippen LogP contribution is -2.68. The molecule has 0 bridgehead atoms. The average Bonchev–Trinajstić information content (AvgIpc) is 1.85. The number of hydrogen-bond acceptors (Lipinski definition) is 31. The van der Waals surface area contributed by atoms with Gasteiger partial charge in [0, 0.05) is 18.9 Å². The number of ether oxygens (including phenoxy) is 5. The topological polar surface area (TPSA) is 602 Å². The molecule has 0 unspecified atom stereocenters. The summed E-state index contributed by atoms with van der Waals surface area (Å²) >= 11 is 0. The SMILES string of the molecule is C[C@@H](c1ccccc1)[C@@H]1N=C([O-])CNC(=O)[C@H](CO)NC(=O)[C@@H]([C@H](O)[C@@H]2CNC(N)=[N+]2[C@H]2O[C@H](CO)[C@@H](O)[C@H](O)[C@@H]2O)NC(=O)[C@H]([C@H](O)[C@@H]2CN=C(N)N2)NC(=O)[C@@H](Cc2ccc(O[C@H]3O[C@H](CO)[C@@H](O[C@H]4O[C@H](CO)[C@@H](O)[C@H](O)[C@@H]4O)[C@H](O)[C@@H]3O)cc2)NC1=O. The molecule has 504 valence electrons. The molecule has 91 heavy (non-hydrogen) atoms. The third-order valence-corrected chi connectivity index (χ3v) is 16.5. The van der Waals surface area contributed by atoms with E-state index in [1.165, 1.54) is 31.2 Å². The Morgan fingerprint density at radius 1 is 0.626 bits per heavy atom. The quantitative estimate of drug-likeness (QED) is 0.0654. The molecule has 0 aliphatic carbocycles. The number of nitrogens with one attached hydrogen (secondary N) is 7. The van der Waals surface area contributed by atoms with Crippen LogP contribution in [0.4, 0.5) is 0 Å². The minimum Gasteiger partial charge on any atom is -0.861 e. The Morgan fingerprint density at radius 2 is 1.21 bits per heavy atom. The van der Waals surface area contributed by atoms with Crippen molar-refractivity contribution >= 4 is 47.4 Å². The molecule has 2 aromatic carbocycles. The van der Waals surface area contributed by atoms with Gasteiger partial charge in [0.15, 0.2) is 12.2 Å². The predicted octanol–water partition coefficient (Wildman–Crippen LogP) is -14.7. The van der Waals surface area contributed by atoms with Crippen LogP contribution in [0.15, 0.2) is 64.6 Å². The van der Waals surface area contributed by atoms with Gasteiger partial charge < -0.3 is 138 Å². The van der Waals surface area contributed by atoms with Crippen LogP contribution in [0.25, 0.3) is 0 Å². The molecule has 0 spiro atoms. The Balaban J connectivity index is 1.12. The van der Waals surface area contributed by atoms with Crippen LogP contribution in [-0.4, -0.2) is 316 Å². The van der Waals surface area contributed by atoms with Gasteiger partial charge in [0.1, 0.15) is 134 Å². The summed E-state index contributed by atoms with van der Waals surface area (Å²) in [5, 5.41) is 181. The first-order valence-electron chi connectivity index (χ1n) is 28.9. The van der Waals surface area contributed by atoms with Gasteiger partial charge in [-0.2, -0.15) is 0 Å². The molecule has 8 rings (SSSR count). The molecule has 0 radical (unpaired) electrons. The Bertz CT molecular complexity index is 2940. The molecule has 6 heterocycles. The number of guanidine groups is 2. The fourth-order valence-electron chi connectivity index (χ4n) is 11.2. The third kappa shape index (κ3) is 15.7. The van der Waals surface area contributed by atoms with Crippen LogP contribution in [0.2, 0.25) is 0 Å². The van der Waals surface area contributed by atoms with Gasteiger partial charge in [0.05, 0.1) is 39.0 Å². The second kappa shape index (κ2) is 30.5. The molecule has 25 N–H and O–H groups in total. The predicted molar refractivity (Wildman–Crippen MR) is 302 cm³/mol. The number of nitrogens with zero attached hydrogens (tertiary/aromatic N) is 3. The zero-order chi connectivity index (χ0) is 66.3. The van der Waals surface area contributed by atoms with Gasteiger partial charge in [-0.1, -0.05) is 49.4 Å². The molecule has 6 aliphatic heterocycles. The molecule has 2 aromatic rings. The second-order valence-corrected chi connectivity index (χ2v) is 22.6. The summed E-state index contributed by atoms with van der Waals surface area (Å²) in [6, 6.07) is 0.638. The lowest BCUT2D eigenvalue weighted by molar-refractivity contribution is -0.663. The number of aliphatic imine (C=N–C) groups is 2. The Kier molecular flexibility index (Phi) is 23.4. The van der Waals surface area contributed by atoms with Crippen molar-refractivity contribution in [3.63, 3.8) is 0 Å². The van der Waals surface area contributed by atoms with E-state index < -0.39 is 234 Å². The molecule has 37 nitrogen and oxygen atoms in total. The molecule has 25 atom stereocenters. The second-order valence-electron chi connectivity index (χ2n) is 22.6. The number of carbonyl (C=O) groups excluding carboxylic acids is 5. The van der Waals surface area contributed by atoms with E-state index in [1.54, 1.807) is 30.3 Å². The highest BCUT2D eigenvalue weighted by Gasteiger charge is 2.54. The van der Waals surface area contributed by atoms with Crippen molar-refractivity contribution in [3.05, 3.63) is 65.7 Å². The Hall–Kier alpha value is -7.12. The lowest BCUT2D eigenvalue weighted by Gasteiger charge is -2.45. The molecule has 3 saturated heterocycles. The van der Waals surface area contributed by atoms with E-state index in [9.17, 15) is 91.0 Å². The monoisotopic (exact) mass is 1290 g/mol. The van der Waals surface area contributed by atoms with Crippen LogP contribution < -0.4 is 58.5 Å². The van der Waals surface area contributed by atoms with Crippen molar-refractivity contribution in [2.24, 2.45) is 21.5 Å². The molecular formula is C54H78N12O25. The smallest absolute Gasteiger partial charge is 0.346 e. The standard InChI is InChI=1S/C54H78N12O25/c1-19(21-5-3-2-4-6-21)31-47(84)60-23(11-20-7-9-22(10-8-20)87-51-43(81)40(78)44(29(18-70)90-51)91-52-42(80)39(77)37(75)28(17-69)89-52)46(83)64-32(34(72)24-12-58-53(55)62-24)49(86)65-33(48(85)61-25(15-67)45(82)57-14-30(71)63-31)35(73)26-13-59-54(56)66(26)50-41(79)38(76)36(74)27(16-68)88-50/h2-10,19,23-29,31-44,50-52,67-70,72-81H,11-18H2,1H3,(H11,55,56,57,58,59,60,61,62,63,64,65,71,82,83,84,85,86)/t19-,23+,24-,25-,26-,27+,28+,29+,31-,32-,33+,34+,35+,36+,37+,38-,39-,40+,41-,42-,43-,44+,50-,51-,52+/m0/s1. The number of nitrogens with two attached hydrogens (primary N) is 2. The Labute approximate surface area is 516 Å². The van der Waals surface area contributed by atoms with Gasteiger partial charge in [-0.05, 0) is 29.2 Å². The van der Waals surface area contributed by atoms with Gasteiger partial charge in [-0.25, -0.2) is 4.58 Å². The van der Waals surface area contributed by atoms with Crippen LogP contribution in [0.3, 0.4) is 0 Å². The van der Waals surface area contributed by atoms with Crippen molar-refractivity contribution in [2.75, 3.05) is 46.1 Å². The van der Waals surface area contributed by atoms with Crippen molar-refractivity contribution in [1.82, 2.24) is 37.2 Å². The van der Waals surface area contributed by atoms with Crippen LogP contribution >= 0.6 is 0 Å². The summed E-state index contributed by atoms with van der Waals surface area (Å²) in [6.45, 7) is -3.93. The molecule has 5 amide bonds.